The maximum Gasteiger partial charge on any atom is 2.00 e. The number of aliphatic imine (C=N–C) groups is 1. The predicted octanol–water partition coefficient (Wildman–Crippen LogP) is 0.240. The van der Waals surface area contributed by atoms with Gasteiger partial charge < -0.3 is 45.6 Å². The zero-order chi connectivity index (χ0) is 30.2. The number of isothiocyanates is 1. The van der Waals surface area contributed by atoms with Gasteiger partial charge in [-0.25, -0.2) is 0 Å². The van der Waals surface area contributed by atoms with E-state index in [1.807, 2.05) is 37.3 Å². The van der Waals surface area contributed by atoms with Crippen molar-refractivity contribution in [1.82, 2.24) is 14.8 Å². The number of carbonyl (C=O) groups excluding carboxylic acids is 2. The smallest absolute Gasteiger partial charge is 0.872 e. The maximum atomic E-state index is 12.8. The molecule has 0 amide bonds. The van der Waals surface area contributed by atoms with E-state index in [1.165, 1.54) is 5.16 Å². The summed E-state index contributed by atoms with van der Waals surface area (Å²) >= 11 is 3.70. The molecule has 1 aromatic heterocycles. The van der Waals surface area contributed by atoms with Crippen LogP contribution in [0, 0.1) is 6.92 Å². The molecule has 2 rings (SSSR count). The number of nitrogens with zero attached hydrogens (tertiary/aromatic N) is 5. The monoisotopic (exact) mass is 691 g/mol. The first-order valence-corrected chi connectivity index (χ1v) is 12.8. The Morgan fingerprint density at radius 1 is 1.10 bits per heavy atom. The van der Waals surface area contributed by atoms with Crippen molar-refractivity contribution >= 4 is 35.5 Å². The minimum atomic E-state index is -1.08. The molecule has 11 nitrogen and oxygen atoms in total. The fourth-order valence-corrected chi connectivity index (χ4v) is 3.20. The molecule has 0 spiro atoms. The number of pyridine rings is 1. The van der Waals surface area contributed by atoms with Gasteiger partial charge in [-0.2, -0.15) is 5.16 Å². The Morgan fingerprint density at radius 3 is 2.07 bits per heavy atom. The molecule has 0 radical (unpaired) electrons. The van der Waals surface area contributed by atoms with Crippen LogP contribution in [0.15, 0.2) is 41.5 Å². The second-order valence-corrected chi connectivity index (χ2v) is 8.47. The average Bonchev–Trinajstić information content (AvgIpc) is 2.85. The summed E-state index contributed by atoms with van der Waals surface area (Å²) in [5, 5.41) is 39.1. The van der Waals surface area contributed by atoms with E-state index in [1.54, 1.807) is 12.4 Å². The molecule has 1 heterocycles. The van der Waals surface area contributed by atoms with Crippen molar-refractivity contribution < 1.29 is 63.4 Å². The molecular weight excluding hydrogens is 652 g/mol. The number of aryl methyl sites for hydroxylation is 1. The molecule has 0 aliphatic rings. The van der Waals surface area contributed by atoms with E-state index in [0.717, 1.165) is 63.3 Å². The predicted molar refractivity (Wildman–Crippen MR) is 156 cm³/mol. The Morgan fingerprint density at radius 2 is 1.62 bits per heavy atom. The molecule has 0 fully saturated rings. The van der Waals surface area contributed by atoms with Crippen LogP contribution in [0.25, 0.3) is 5.41 Å². The molecule has 0 saturated heterocycles. The topological polar surface area (TPSA) is 189 Å². The van der Waals surface area contributed by atoms with Gasteiger partial charge in [-0.15, -0.1) is 0 Å². The molecule has 14 heteroatoms. The van der Waals surface area contributed by atoms with Gasteiger partial charge in [0.15, 0.2) is 0 Å². The first kappa shape index (κ1) is 49.1. The van der Waals surface area contributed by atoms with E-state index in [4.69, 9.17) is 25.2 Å². The van der Waals surface area contributed by atoms with Crippen molar-refractivity contribution in [2.24, 2.45) is 4.99 Å². The van der Waals surface area contributed by atoms with Crippen LogP contribution < -0.4 is 15.3 Å². The third kappa shape index (κ3) is 29.0. The summed E-state index contributed by atoms with van der Waals surface area (Å²) in [7, 11) is 2.08. The minimum Gasteiger partial charge on any atom is -0.872 e. The quantitative estimate of drug-likeness (QED) is 0.180. The van der Waals surface area contributed by atoms with E-state index in [2.05, 4.69) is 52.9 Å². The van der Waals surface area contributed by atoms with Gasteiger partial charge in [0.25, 0.3) is 0 Å². The molecule has 0 bridgehead atoms. The first-order valence-electron chi connectivity index (χ1n) is 12.4. The van der Waals surface area contributed by atoms with E-state index >= 15 is 0 Å². The van der Waals surface area contributed by atoms with Gasteiger partial charge in [0.05, 0.1) is 0 Å². The third-order valence-electron chi connectivity index (χ3n) is 4.93. The van der Waals surface area contributed by atoms with Gasteiger partial charge in [-0.3, -0.25) is 9.98 Å². The Kier molecular flexibility index (Phi) is 36.7. The number of hydrogen-bond acceptors (Lipinski definition) is 10. The van der Waals surface area contributed by atoms with E-state index in [0.29, 0.717) is 18.7 Å². The molecule has 1 aromatic carbocycles. The Balaban J connectivity index is -0.000000281. The molecule has 2 aromatic rings. The number of benzene rings is 1. The van der Waals surface area contributed by atoms with Crippen molar-refractivity contribution in [1.29, 1.82) is 0 Å². The largest absolute Gasteiger partial charge is 2.00 e. The molecule has 0 atom stereocenters. The Hall–Kier alpha value is -2.55. The summed E-state index contributed by atoms with van der Waals surface area (Å²) in [5.41, 5.74) is 3.63. The second kappa shape index (κ2) is 31.4. The Bertz CT molecular complexity index is 1020. The molecule has 0 saturated carbocycles. The zero-order valence-electron chi connectivity index (χ0n) is 24.8. The van der Waals surface area contributed by atoms with Gasteiger partial charge in [0.1, 0.15) is 0 Å². The van der Waals surface area contributed by atoms with Crippen LogP contribution in [0.4, 0.5) is 0 Å². The number of aliphatic carboxylic acids is 2. The van der Waals surface area contributed by atoms with Gasteiger partial charge in [-0.05, 0) is 64.2 Å². The van der Waals surface area contributed by atoms with E-state index in [9.17, 15) is 5.11 Å². The van der Waals surface area contributed by atoms with Crippen LogP contribution in [0.2, 0.25) is 0 Å². The summed E-state index contributed by atoms with van der Waals surface area (Å²) in [5.74, 6) is -2.08. The number of hydrogen-bond donors (Lipinski definition) is 0. The number of rotatable bonds is 11. The summed E-state index contributed by atoms with van der Waals surface area (Å²) in [6, 6.07) is 9.80. The first-order chi connectivity index (χ1) is 18.4. The van der Waals surface area contributed by atoms with Crippen molar-refractivity contribution in [2.45, 2.75) is 47.6 Å². The number of carboxylic acid groups (broad SMARTS) is 2. The summed E-state index contributed by atoms with van der Waals surface area (Å²) in [4.78, 5) is 31.1. The molecular formula is C28H41N5Ni2O6S. The van der Waals surface area contributed by atoms with Crippen LogP contribution in [-0.2, 0) is 55.5 Å². The summed E-state index contributed by atoms with van der Waals surface area (Å²) < 4.78 is 0. The molecule has 42 heavy (non-hydrogen) atoms. The van der Waals surface area contributed by atoms with Crippen molar-refractivity contribution in [3.63, 3.8) is 0 Å². The molecule has 240 valence electrons. The number of aromatic nitrogens is 1. The van der Waals surface area contributed by atoms with Crippen molar-refractivity contribution in [2.75, 3.05) is 39.8 Å². The van der Waals surface area contributed by atoms with Crippen LogP contribution in [-0.4, -0.2) is 83.3 Å². The molecule has 2 N–H and O–H groups in total. The molecule has 0 aliphatic heterocycles. The third-order valence-corrected chi connectivity index (χ3v) is 4.93. The Labute approximate surface area is 275 Å². The zero-order valence-corrected chi connectivity index (χ0v) is 27.6. The number of thiocarbonyl (C=S) groups is 1. The molecule has 0 unspecified atom stereocenters. The summed E-state index contributed by atoms with van der Waals surface area (Å²) in [6.07, 6.45) is 4.29. The van der Waals surface area contributed by atoms with Crippen molar-refractivity contribution in [3.8, 4) is 5.75 Å². The van der Waals surface area contributed by atoms with Crippen LogP contribution >= 0.6 is 12.2 Å². The molecule has 0 aliphatic carbocycles. The van der Waals surface area contributed by atoms with Gasteiger partial charge >= 0.3 is 33.0 Å². The van der Waals surface area contributed by atoms with E-state index in [-0.39, 0.29) is 44.2 Å². The van der Waals surface area contributed by atoms with Gasteiger partial charge in [0, 0.05) is 62.6 Å². The van der Waals surface area contributed by atoms with Gasteiger partial charge in [-0.1, -0.05) is 55.6 Å². The number of carboxylic acids is 2. The minimum absolute atomic E-state index is 0. The van der Waals surface area contributed by atoms with Crippen molar-refractivity contribution in [3.05, 3.63) is 64.3 Å². The standard InChI is InChI=1S/C23H34N4O.2C2H4O2.CNS.2Ni.H2O/c1-5-27(6-2)14-13-26(4)18-21-16-19(3)15-20(23(21)28)17-24-12-10-22-9-7-8-11-25-22;2*1-2(3)4;2-1-3;;;/h7-9,11,15-17,28H,5-6,10,12-14,18H2,1-4H3;2*1H3,(H,3,4);;;;1H2/q;;;-1;2*+2;/p-3. The van der Waals surface area contributed by atoms with Crippen LogP contribution in [0.3, 0.4) is 0 Å². The SMILES string of the molecule is CC(=O)[O-].CC(=O)[O-].CCN(CC)CCN(C)Cc1cc(C)cc(C=NCCc2ccccn2)c1[O-].O.[N-]=C=S.[Ni+2].[Ni+2]. The number of likely N-dealkylation sites (N-methyl/N-ethyl adjacent to an activating group) is 2. The average molecular weight is 693 g/mol. The fourth-order valence-electron chi connectivity index (χ4n) is 3.20. The maximum absolute atomic E-state index is 12.8. The van der Waals surface area contributed by atoms with Crippen LogP contribution in [0.1, 0.15) is 50.1 Å². The normalized spacial score (nSPS) is 9.24. The van der Waals surface area contributed by atoms with E-state index < -0.39 is 11.9 Å². The summed E-state index contributed by atoms with van der Waals surface area (Å²) in [6.45, 7) is 13.7. The second-order valence-electron chi connectivity index (χ2n) is 8.29. The number of carbonyl (C=O) groups is 2. The van der Waals surface area contributed by atoms with Gasteiger partial charge in [0.2, 0.25) is 0 Å². The fraction of sp³-hybridized carbons (Fsp3) is 0.464. The van der Waals surface area contributed by atoms with Crippen LogP contribution in [0.5, 0.6) is 5.75 Å².